The Morgan fingerprint density at radius 2 is 1.44 bits per heavy atom. The van der Waals surface area contributed by atoms with Crippen molar-refractivity contribution in [2.24, 2.45) is 4.36 Å². The molecule has 1 atom stereocenters. The minimum Gasteiger partial charge on any atom is -0.443 e. The van der Waals surface area contributed by atoms with E-state index in [1.54, 1.807) is 12.1 Å². The first-order chi connectivity index (χ1) is 13.1. The van der Waals surface area contributed by atoms with Gasteiger partial charge in [0.15, 0.2) is 0 Å². The van der Waals surface area contributed by atoms with Crippen molar-refractivity contribution in [2.75, 3.05) is 0 Å². The van der Waals surface area contributed by atoms with Crippen molar-refractivity contribution >= 4 is 22.5 Å². The van der Waals surface area contributed by atoms with E-state index in [2.05, 4.69) is 4.36 Å². The van der Waals surface area contributed by atoms with E-state index in [0.717, 1.165) is 10.5 Å². The first-order valence-electron chi connectivity index (χ1n) is 8.10. The Balaban J connectivity index is 1.86. The summed E-state index contributed by atoms with van der Waals surface area (Å²) in [7, 11) is -0.933. The van der Waals surface area contributed by atoms with E-state index in [1.165, 1.54) is 12.1 Å². The molecule has 0 N–H and O–H groups in total. The van der Waals surface area contributed by atoms with E-state index in [9.17, 15) is 14.9 Å². The molecule has 136 valence electrons. The first kappa shape index (κ1) is 18.5. The molecule has 3 rings (SSSR count). The van der Waals surface area contributed by atoms with Crippen LogP contribution in [0.1, 0.15) is 5.56 Å². The Hall–Kier alpha value is -3.32. The van der Waals surface area contributed by atoms with Crippen LogP contribution >= 0.6 is 0 Å². The van der Waals surface area contributed by atoms with Crippen LogP contribution in [-0.2, 0) is 22.0 Å². The standard InChI is InChI=1S/C20H16N2O4S/c23-20(26-15-16-7-3-1-4-8-16)21-27(18-9-5-2-6-10-18)19-13-11-17(12-14-19)22(24)25/h1-14H,15H2. The van der Waals surface area contributed by atoms with Gasteiger partial charge in [-0.25, -0.2) is 4.79 Å². The summed E-state index contributed by atoms with van der Waals surface area (Å²) < 4.78 is 9.46. The fourth-order valence-corrected chi connectivity index (χ4v) is 3.80. The normalized spacial score (nSPS) is 11.7. The highest BCUT2D eigenvalue weighted by molar-refractivity contribution is 7.87. The van der Waals surface area contributed by atoms with Crippen molar-refractivity contribution in [3.8, 4) is 0 Å². The van der Waals surface area contributed by atoms with Gasteiger partial charge in [0.2, 0.25) is 0 Å². The van der Waals surface area contributed by atoms with Gasteiger partial charge < -0.3 is 4.74 Å². The number of nitrogens with zero attached hydrogens (tertiary/aromatic N) is 2. The number of ether oxygens (including phenoxy) is 1. The second-order valence-corrected chi connectivity index (χ2v) is 7.17. The Labute approximate surface area is 158 Å². The molecule has 0 saturated carbocycles. The monoisotopic (exact) mass is 380 g/mol. The largest absolute Gasteiger partial charge is 0.443 e. The molecular weight excluding hydrogens is 364 g/mol. The number of carbonyl (C=O) groups is 1. The predicted molar refractivity (Wildman–Crippen MR) is 102 cm³/mol. The van der Waals surface area contributed by atoms with Crippen LogP contribution in [0.3, 0.4) is 0 Å². The molecule has 0 aromatic heterocycles. The number of nitro groups is 1. The summed E-state index contributed by atoms with van der Waals surface area (Å²) in [4.78, 5) is 24.2. The van der Waals surface area contributed by atoms with Gasteiger partial charge in [0.05, 0.1) is 4.92 Å². The third-order valence-electron chi connectivity index (χ3n) is 3.61. The molecule has 0 fully saturated rings. The average Bonchev–Trinajstić information content (AvgIpc) is 2.72. The molecule has 1 amide bonds. The number of rotatable bonds is 5. The summed E-state index contributed by atoms with van der Waals surface area (Å²) in [6.45, 7) is 0.134. The number of amides is 1. The van der Waals surface area contributed by atoms with Gasteiger partial charge in [-0.05, 0) is 40.5 Å². The lowest BCUT2D eigenvalue weighted by Crippen LogP contribution is -2.03. The Bertz CT molecular complexity index is 958. The molecule has 3 aromatic carbocycles. The van der Waals surface area contributed by atoms with E-state index in [0.29, 0.717) is 4.90 Å². The van der Waals surface area contributed by atoms with Crippen molar-refractivity contribution in [3.05, 3.63) is 101 Å². The highest BCUT2D eigenvalue weighted by Crippen LogP contribution is 2.22. The summed E-state index contributed by atoms with van der Waals surface area (Å²) in [6.07, 6.45) is -0.676. The first-order valence-corrected chi connectivity index (χ1v) is 9.28. The molecule has 0 saturated heterocycles. The van der Waals surface area contributed by atoms with E-state index >= 15 is 0 Å². The van der Waals surface area contributed by atoms with Crippen molar-refractivity contribution in [2.45, 2.75) is 16.4 Å². The van der Waals surface area contributed by atoms with Crippen LogP contribution in [0.25, 0.3) is 0 Å². The molecule has 27 heavy (non-hydrogen) atoms. The quantitative estimate of drug-likeness (QED) is 0.453. The van der Waals surface area contributed by atoms with Gasteiger partial charge in [-0.2, -0.15) is 0 Å². The maximum absolute atomic E-state index is 12.3. The number of hydrogen-bond donors (Lipinski definition) is 0. The molecule has 6 nitrogen and oxygen atoms in total. The minimum absolute atomic E-state index is 0.0120. The Morgan fingerprint density at radius 3 is 2.04 bits per heavy atom. The summed E-state index contributed by atoms with van der Waals surface area (Å²) in [5.74, 6) is 0. The van der Waals surface area contributed by atoms with Crippen molar-refractivity contribution in [1.82, 2.24) is 0 Å². The lowest BCUT2D eigenvalue weighted by Gasteiger charge is -2.09. The van der Waals surface area contributed by atoms with Crippen LogP contribution in [0.4, 0.5) is 10.5 Å². The predicted octanol–water partition coefficient (Wildman–Crippen LogP) is 5.15. The van der Waals surface area contributed by atoms with Gasteiger partial charge in [-0.15, -0.1) is 4.36 Å². The molecule has 0 bridgehead atoms. The molecular formula is C20H16N2O4S. The number of non-ortho nitro benzene ring substituents is 1. The third-order valence-corrected chi connectivity index (χ3v) is 5.38. The lowest BCUT2D eigenvalue weighted by atomic mass is 10.2. The maximum atomic E-state index is 12.3. The van der Waals surface area contributed by atoms with Gasteiger partial charge in [0.25, 0.3) is 5.69 Å². The third kappa shape index (κ3) is 5.08. The smallest absolute Gasteiger partial charge is 0.440 e. The fraction of sp³-hybridized carbons (Fsp3) is 0.0500. The average molecular weight is 380 g/mol. The zero-order valence-electron chi connectivity index (χ0n) is 14.2. The van der Waals surface area contributed by atoms with Crippen LogP contribution in [0.2, 0.25) is 0 Å². The van der Waals surface area contributed by atoms with Gasteiger partial charge in [-0.1, -0.05) is 48.5 Å². The number of carbonyl (C=O) groups excluding carboxylic acids is 1. The van der Waals surface area contributed by atoms with E-state index in [4.69, 9.17) is 4.74 Å². The summed E-state index contributed by atoms with van der Waals surface area (Å²) in [6, 6.07) is 24.7. The van der Waals surface area contributed by atoms with Crippen molar-refractivity contribution in [1.29, 1.82) is 0 Å². The van der Waals surface area contributed by atoms with Gasteiger partial charge >= 0.3 is 6.09 Å². The van der Waals surface area contributed by atoms with Crippen LogP contribution in [-0.4, -0.2) is 11.0 Å². The molecule has 0 spiro atoms. The topological polar surface area (TPSA) is 81.8 Å². The molecule has 1 unspecified atom stereocenters. The number of hydrogen-bond acceptors (Lipinski definition) is 4. The van der Waals surface area contributed by atoms with Crippen LogP contribution in [0.15, 0.2) is 99.1 Å². The van der Waals surface area contributed by atoms with Gasteiger partial charge in [0.1, 0.15) is 6.61 Å². The van der Waals surface area contributed by atoms with E-state index in [1.807, 2.05) is 60.7 Å². The maximum Gasteiger partial charge on any atom is 0.440 e. The summed E-state index contributed by atoms with van der Waals surface area (Å²) in [5.41, 5.74) is 0.859. The van der Waals surface area contributed by atoms with Crippen molar-refractivity contribution < 1.29 is 14.5 Å². The zero-order chi connectivity index (χ0) is 19.1. The van der Waals surface area contributed by atoms with Gasteiger partial charge in [0, 0.05) is 21.9 Å². The molecule has 0 aliphatic carbocycles. The van der Waals surface area contributed by atoms with Crippen LogP contribution < -0.4 is 0 Å². The highest BCUT2D eigenvalue weighted by atomic mass is 32.2. The lowest BCUT2D eigenvalue weighted by molar-refractivity contribution is -0.384. The summed E-state index contributed by atoms with van der Waals surface area (Å²) >= 11 is 0. The number of nitro benzene ring substituents is 1. The molecule has 3 aromatic rings. The minimum atomic E-state index is -0.933. The second-order valence-electron chi connectivity index (χ2n) is 5.48. The molecule has 0 aliphatic rings. The molecule has 0 aliphatic heterocycles. The van der Waals surface area contributed by atoms with E-state index < -0.39 is 21.7 Å². The fourth-order valence-electron chi connectivity index (χ4n) is 2.31. The summed E-state index contributed by atoms with van der Waals surface area (Å²) in [5, 5.41) is 10.9. The molecule has 0 heterocycles. The molecule has 7 heteroatoms. The number of benzene rings is 3. The van der Waals surface area contributed by atoms with Crippen LogP contribution in [0.5, 0.6) is 0 Å². The Morgan fingerprint density at radius 1 is 0.889 bits per heavy atom. The van der Waals surface area contributed by atoms with Crippen LogP contribution in [0, 0.1) is 10.1 Å². The van der Waals surface area contributed by atoms with Crippen molar-refractivity contribution in [3.63, 3.8) is 0 Å². The Kier molecular flexibility index (Phi) is 6.06. The van der Waals surface area contributed by atoms with E-state index in [-0.39, 0.29) is 12.3 Å². The SMILES string of the molecule is O=C(/N=S(\c1ccccc1)c1ccc([N+](=O)[O-])cc1)OCc1ccccc1. The van der Waals surface area contributed by atoms with Gasteiger partial charge in [-0.3, -0.25) is 10.1 Å². The zero-order valence-corrected chi connectivity index (χ0v) is 15.0. The highest BCUT2D eigenvalue weighted by Gasteiger charge is 2.12. The molecule has 0 radical (unpaired) electrons. The second kappa shape index (κ2) is 8.86.